The van der Waals surface area contributed by atoms with E-state index in [1.54, 1.807) is 0 Å². The zero-order chi connectivity index (χ0) is 21.3. The van der Waals surface area contributed by atoms with Crippen molar-refractivity contribution in [2.75, 3.05) is 0 Å². The molecule has 7 N–H and O–H groups in total. The minimum atomic E-state index is -5.53. The summed E-state index contributed by atoms with van der Waals surface area (Å²) in [5.41, 5.74) is 5.52. The Morgan fingerprint density at radius 2 is 1.93 bits per heavy atom. The topological polar surface area (TPSA) is 222 Å². The van der Waals surface area contributed by atoms with Crippen molar-refractivity contribution in [1.82, 2.24) is 4.90 Å². The summed E-state index contributed by atoms with van der Waals surface area (Å²) in [5.74, 6) is 0.866. The molecule has 17 heteroatoms. The number of hydrogen-bond donors (Lipinski definition) is 6. The van der Waals surface area contributed by atoms with Gasteiger partial charge in [0.2, 0.25) is 0 Å². The van der Waals surface area contributed by atoms with Crippen molar-refractivity contribution >= 4 is 29.1 Å². The quantitative estimate of drug-likeness (QED) is 0.276. The van der Waals surface area contributed by atoms with E-state index in [1.165, 1.54) is 17.2 Å². The van der Waals surface area contributed by atoms with Crippen LogP contribution in [0.2, 0.25) is 0 Å². The molecule has 0 spiro atoms. The molecule has 2 aliphatic rings. The highest BCUT2D eigenvalue weighted by Crippen LogP contribution is 2.66. The van der Waals surface area contributed by atoms with E-state index in [4.69, 9.17) is 25.2 Å². The number of phosphoric acid groups is 2. The van der Waals surface area contributed by atoms with Crippen LogP contribution in [0.1, 0.15) is 6.42 Å². The number of hydrogen-bond acceptors (Lipinski definition) is 10. The summed E-state index contributed by atoms with van der Waals surface area (Å²) in [6.07, 6.45) is 0.996. The van der Waals surface area contributed by atoms with E-state index in [1.807, 2.05) is 0 Å². The minimum absolute atomic E-state index is 0.0201. The third-order valence-electron chi connectivity index (χ3n) is 3.27. The van der Waals surface area contributed by atoms with Gasteiger partial charge in [-0.25, -0.2) is 18.4 Å². The van der Waals surface area contributed by atoms with Crippen molar-refractivity contribution < 1.29 is 51.7 Å². The number of nitrogens with zero attached hydrogens (tertiary/aromatic N) is 2. The van der Waals surface area contributed by atoms with Crippen LogP contribution in [-0.4, -0.2) is 53.9 Å². The SMILES string of the molecule is C=C1N=C(N)C=CN1[C@@H]1O[C@H](/C=C/P(=O)(O)OP(=O)(O)OP(=O)(O)O)C[C@H]1O. The van der Waals surface area contributed by atoms with Crippen molar-refractivity contribution in [3.63, 3.8) is 0 Å². The highest BCUT2D eigenvalue weighted by atomic mass is 31.3. The van der Waals surface area contributed by atoms with Crippen LogP contribution in [-0.2, 0) is 27.1 Å². The van der Waals surface area contributed by atoms with Crippen LogP contribution in [0.5, 0.6) is 0 Å². The summed E-state index contributed by atoms with van der Waals surface area (Å²) in [7, 11) is -15.9. The van der Waals surface area contributed by atoms with Gasteiger partial charge in [0.05, 0.1) is 6.10 Å². The van der Waals surface area contributed by atoms with E-state index < -0.39 is 41.7 Å². The van der Waals surface area contributed by atoms with Crippen LogP contribution in [0.4, 0.5) is 0 Å². The van der Waals surface area contributed by atoms with Gasteiger partial charge in [-0.3, -0.25) is 4.57 Å². The molecule has 2 aliphatic heterocycles. The first-order valence-electron chi connectivity index (χ1n) is 7.33. The van der Waals surface area contributed by atoms with Crippen molar-refractivity contribution in [3.8, 4) is 0 Å². The van der Waals surface area contributed by atoms with E-state index in [9.17, 15) is 23.7 Å². The molecule has 0 aromatic carbocycles. The molecule has 14 nitrogen and oxygen atoms in total. The Kier molecular flexibility index (Phi) is 6.87. The van der Waals surface area contributed by atoms with Crippen LogP contribution in [0, 0.1) is 0 Å². The highest BCUT2D eigenvalue weighted by Gasteiger charge is 2.40. The van der Waals surface area contributed by atoms with E-state index >= 15 is 0 Å². The lowest BCUT2D eigenvalue weighted by molar-refractivity contribution is -0.0472. The third kappa shape index (κ3) is 6.73. The smallest absolute Gasteiger partial charge is 0.388 e. The van der Waals surface area contributed by atoms with Crippen molar-refractivity contribution in [3.05, 3.63) is 36.6 Å². The number of aliphatic hydroxyl groups is 1. The Hall–Kier alpha value is -1.14. The molecule has 0 aromatic rings. The molecule has 0 saturated carbocycles. The Morgan fingerprint density at radius 1 is 1.29 bits per heavy atom. The molecule has 0 radical (unpaired) electrons. The largest absolute Gasteiger partial charge is 0.488 e. The molecule has 0 aromatic heterocycles. The first-order valence-corrected chi connectivity index (χ1v) is 12.0. The van der Waals surface area contributed by atoms with E-state index in [0.29, 0.717) is 5.82 Å². The minimum Gasteiger partial charge on any atom is -0.388 e. The fourth-order valence-corrected chi connectivity index (χ4v) is 5.58. The van der Waals surface area contributed by atoms with Crippen LogP contribution < -0.4 is 5.73 Å². The number of aliphatic hydroxyl groups excluding tert-OH is 1. The third-order valence-corrected chi connectivity index (χ3v) is 7.26. The van der Waals surface area contributed by atoms with Crippen LogP contribution in [0.15, 0.2) is 41.6 Å². The molecule has 28 heavy (non-hydrogen) atoms. The predicted molar refractivity (Wildman–Crippen MR) is 94.0 cm³/mol. The summed E-state index contributed by atoms with van der Waals surface area (Å²) < 4.78 is 46.6. The number of aliphatic imine (C=N–C) groups is 1. The molecule has 2 heterocycles. The number of nitrogens with two attached hydrogens (primary N) is 1. The standard InChI is InChI=1S/C11H18N3O11P3/c1-7-13-10(12)2-4-14(7)11-9(15)6-8(23-11)3-5-26(16,17)24-28(21,22)25-27(18,19)20/h2-5,8-9,11,15H,1,6H2,(H2,12,13)(H,16,17)(H,21,22)(H2,18,19,20)/b5-3+/t8-,9-,11-/m1/s1. The molecule has 2 rings (SSSR count). The average Bonchev–Trinajstić information content (AvgIpc) is 2.82. The normalized spacial score (nSPS) is 30.3. The second-order valence-electron chi connectivity index (χ2n) is 5.57. The maximum absolute atomic E-state index is 11.8. The van der Waals surface area contributed by atoms with Crippen LogP contribution in [0.25, 0.3) is 0 Å². The zero-order valence-corrected chi connectivity index (χ0v) is 16.6. The Labute approximate surface area is 158 Å². The van der Waals surface area contributed by atoms with Crippen molar-refractivity contribution in [2.45, 2.75) is 24.9 Å². The monoisotopic (exact) mass is 461 g/mol. The van der Waals surface area contributed by atoms with E-state index in [-0.39, 0.29) is 18.1 Å². The van der Waals surface area contributed by atoms with Crippen LogP contribution >= 0.6 is 23.2 Å². The number of rotatable bonds is 7. The summed E-state index contributed by atoms with van der Waals surface area (Å²) in [5, 5.41) is 10.1. The Bertz CT molecular complexity index is 865. The van der Waals surface area contributed by atoms with Gasteiger partial charge in [0.15, 0.2) is 6.23 Å². The lowest BCUT2D eigenvalue weighted by atomic mass is 10.2. The van der Waals surface area contributed by atoms with Crippen molar-refractivity contribution in [2.24, 2.45) is 10.7 Å². The predicted octanol–water partition coefficient (Wildman–Crippen LogP) is 0.0454. The molecular weight excluding hydrogens is 443 g/mol. The van der Waals surface area contributed by atoms with Gasteiger partial charge in [0, 0.05) is 18.4 Å². The maximum atomic E-state index is 11.8. The first-order chi connectivity index (χ1) is 12.7. The van der Waals surface area contributed by atoms with Crippen molar-refractivity contribution in [1.29, 1.82) is 0 Å². The first kappa shape index (κ1) is 23.1. The summed E-state index contributed by atoms with van der Waals surface area (Å²) in [4.78, 5) is 40.9. The second kappa shape index (κ2) is 8.31. The molecule has 5 atom stereocenters. The van der Waals surface area contributed by atoms with Crippen LogP contribution in [0.3, 0.4) is 0 Å². The number of amidine groups is 1. The van der Waals surface area contributed by atoms with Gasteiger partial charge in [-0.2, -0.15) is 4.31 Å². The average molecular weight is 461 g/mol. The number of ether oxygens (including phenoxy) is 1. The maximum Gasteiger partial charge on any atom is 0.488 e. The van der Waals surface area contributed by atoms with Gasteiger partial charge in [-0.15, -0.1) is 0 Å². The fraction of sp³-hybridized carbons (Fsp3) is 0.364. The lowest BCUT2D eigenvalue weighted by Gasteiger charge is -2.30. The highest BCUT2D eigenvalue weighted by molar-refractivity contribution is 7.69. The van der Waals surface area contributed by atoms with Gasteiger partial charge in [-0.05, 0) is 12.2 Å². The summed E-state index contributed by atoms with van der Waals surface area (Å²) >= 11 is 0. The van der Waals surface area contributed by atoms with Gasteiger partial charge in [-0.1, -0.05) is 6.58 Å². The fourth-order valence-electron chi connectivity index (χ4n) is 2.30. The Balaban J connectivity index is 2.02. The molecule has 2 unspecified atom stereocenters. The molecule has 0 amide bonds. The molecule has 158 valence electrons. The molecule has 0 bridgehead atoms. The van der Waals surface area contributed by atoms with Gasteiger partial charge >= 0.3 is 23.2 Å². The molecule has 1 saturated heterocycles. The van der Waals surface area contributed by atoms with E-state index in [2.05, 4.69) is 20.2 Å². The molecule has 0 aliphatic carbocycles. The zero-order valence-electron chi connectivity index (χ0n) is 14.0. The lowest BCUT2D eigenvalue weighted by Crippen LogP contribution is -2.39. The van der Waals surface area contributed by atoms with Gasteiger partial charge in [0.1, 0.15) is 17.8 Å². The summed E-state index contributed by atoms with van der Waals surface area (Å²) in [6, 6.07) is 0. The van der Waals surface area contributed by atoms with Gasteiger partial charge in [0.25, 0.3) is 0 Å². The molecule has 1 fully saturated rings. The Morgan fingerprint density at radius 3 is 2.50 bits per heavy atom. The van der Waals surface area contributed by atoms with E-state index in [0.717, 1.165) is 6.08 Å². The summed E-state index contributed by atoms with van der Waals surface area (Å²) in [6.45, 7) is 3.66. The van der Waals surface area contributed by atoms with Gasteiger partial charge < -0.3 is 40.1 Å². The second-order valence-corrected chi connectivity index (χ2v) is 10.2. The molecular formula is C11H18N3O11P3.